The Kier molecular flexibility index (Phi) is 5.43. The fourth-order valence-electron chi connectivity index (χ4n) is 2.09. The van der Waals surface area contributed by atoms with Gasteiger partial charge in [0, 0.05) is 6.42 Å². The second-order valence-corrected chi connectivity index (χ2v) is 6.00. The highest BCUT2D eigenvalue weighted by Gasteiger charge is 2.40. The van der Waals surface area contributed by atoms with Crippen molar-refractivity contribution < 1.29 is 24.2 Å². The van der Waals surface area contributed by atoms with Crippen molar-refractivity contribution in [3.8, 4) is 5.75 Å². The van der Waals surface area contributed by atoms with E-state index in [4.69, 9.17) is 9.84 Å². The number of carbonyl (C=O) groups is 3. The van der Waals surface area contributed by atoms with Crippen LogP contribution in [0, 0.1) is 0 Å². The summed E-state index contributed by atoms with van der Waals surface area (Å²) < 4.78 is 5.45. The minimum Gasteiger partial charge on any atom is -0.494 e. The van der Waals surface area contributed by atoms with Crippen LogP contribution in [0.25, 0.3) is 0 Å². The van der Waals surface area contributed by atoms with Crippen molar-refractivity contribution in [2.75, 3.05) is 17.3 Å². The van der Waals surface area contributed by atoms with E-state index < -0.39 is 11.2 Å². The number of carboxylic acids is 1. The molecule has 118 valence electrons. The number of hydrogen-bond acceptors (Lipinski definition) is 5. The molecule has 7 heteroatoms. The lowest BCUT2D eigenvalue weighted by Crippen LogP contribution is -2.31. The van der Waals surface area contributed by atoms with E-state index in [0.717, 1.165) is 23.1 Å². The van der Waals surface area contributed by atoms with Gasteiger partial charge in [0.25, 0.3) is 0 Å². The van der Waals surface area contributed by atoms with Crippen LogP contribution < -0.4 is 9.64 Å². The Labute approximate surface area is 132 Å². The number of ether oxygens (including phenoxy) is 1. The molecule has 1 aromatic rings. The van der Waals surface area contributed by atoms with Gasteiger partial charge in [-0.15, -0.1) is 11.8 Å². The summed E-state index contributed by atoms with van der Waals surface area (Å²) in [7, 11) is 0. The van der Waals surface area contributed by atoms with Crippen molar-refractivity contribution in [1.29, 1.82) is 0 Å². The van der Waals surface area contributed by atoms with Crippen molar-refractivity contribution in [1.82, 2.24) is 0 Å². The van der Waals surface area contributed by atoms with Crippen molar-refractivity contribution in [3.63, 3.8) is 0 Å². The van der Waals surface area contributed by atoms with Gasteiger partial charge in [-0.25, -0.2) is 4.90 Å². The molecule has 0 radical (unpaired) electrons. The molecule has 0 saturated carbocycles. The summed E-state index contributed by atoms with van der Waals surface area (Å²) in [6.07, 6.45) is 0.929. The third kappa shape index (κ3) is 3.79. The predicted octanol–water partition coefficient (Wildman–Crippen LogP) is 1.93. The molecule has 1 unspecified atom stereocenters. The molecule has 22 heavy (non-hydrogen) atoms. The Balaban J connectivity index is 2.06. The topological polar surface area (TPSA) is 83.9 Å². The Hall–Kier alpha value is -2.02. The molecule has 0 bridgehead atoms. The molecule has 6 nitrogen and oxygen atoms in total. The number of aliphatic carboxylic acids is 1. The van der Waals surface area contributed by atoms with Gasteiger partial charge in [0.05, 0.1) is 23.3 Å². The Morgan fingerprint density at radius 2 is 2.05 bits per heavy atom. The molecule has 1 heterocycles. The Morgan fingerprint density at radius 1 is 1.36 bits per heavy atom. The van der Waals surface area contributed by atoms with Crippen LogP contribution in [0.2, 0.25) is 0 Å². The summed E-state index contributed by atoms with van der Waals surface area (Å²) in [6, 6.07) is 6.74. The second kappa shape index (κ2) is 7.31. The van der Waals surface area contributed by atoms with Crippen LogP contribution in [0.4, 0.5) is 5.69 Å². The van der Waals surface area contributed by atoms with E-state index in [1.807, 2.05) is 6.92 Å². The number of nitrogens with zero attached hydrogens (tertiary/aromatic N) is 1. The lowest BCUT2D eigenvalue weighted by Gasteiger charge is -2.15. The average molecular weight is 323 g/mol. The Bertz CT molecular complexity index is 572. The molecule has 0 spiro atoms. The van der Waals surface area contributed by atoms with Crippen LogP contribution in [-0.2, 0) is 14.4 Å². The zero-order valence-electron chi connectivity index (χ0n) is 12.2. The first-order chi connectivity index (χ1) is 10.5. The summed E-state index contributed by atoms with van der Waals surface area (Å²) in [6.45, 7) is 2.61. The third-order valence-electron chi connectivity index (χ3n) is 3.08. The van der Waals surface area contributed by atoms with E-state index in [9.17, 15) is 14.4 Å². The van der Waals surface area contributed by atoms with E-state index in [0.29, 0.717) is 18.0 Å². The minimum absolute atomic E-state index is 0.0326. The maximum atomic E-state index is 12.2. The fourth-order valence-corrected chi connectivity index (χ4v) is 2.94. The van der Waals surface area contributed by atoms with Gasteiger partial charge < -0.3 is 9.84 Å². The van der Waals surface area contributed by atoms with Crippen LogP contribution in [0.5, 0.6) is 5.75 Å². The number of benzene rings is 1. The van der Waals surface area contributed by atoms with E-state index in [2.05, 4.69) is 0 Å². The van der Waals surface area contributed by atoms with E-state index in [-0.39, 0.29) is 24.0 Å². The highest BCUT2D eigenvalue weighted by molar-refractivity contribution is 8.01. The molecule has 0 aromatic heterocycles. The maximum Gasteiger partial charge on any atom is 0.313 e. The highest BCUT2D eigenvalue weighted by Crippen LogP contribution is 2.30. The van der Waals surface area contributed by atoms with Gasteiger partial charge in [0.1, 0.15) is 5.75 Å². The van der Waals surface area contributed by atoms with Gasteiger partial charge in [-0.1, -0.05) is 6.92 Å². The number of carbonyl (C=O) groups excluding carboxylic acids is 2. The molecular formula is C15H17NO5S. The fraction of sp³-hybridized carbons (Fsp3) is 0.400. The zero-order chi connectivity index (χ0) is 16.1. The van der Waals surface area contributed by atoms with Gasteiger partial charge in [-0.3, -0.25) is 14.4 Å². The standard InChI is InChI=1S/C15H17NO5S/c1-2-7-21-11-5-3-10(4-6-11)16-13(17)8-12(15(16)20)22-9-14(18)19/h3-6,12H,2,7-9H2,1H3,(H,18,19). The average Bonchev–Trinajstić information content (AvgIpc) is 2.78. The zero-order valence-corrected chi connectivity index (χ0v) is 13.0. The second-order valence-electron chi connectivity index (χ2n) is 4.81. The molecule has 1 atom stereocenters. The first-order valence-electron chi connectivity index (χ1n) is 6.96. The molecule has 1 aliphatic heterocycles. The molecule has 1 saturated heterocycles. The quantitative estimate of drug-likeness (QED) is 0.772. The minimum atomic E-state index is -0.999. The highest BCUT2D eigenvalue weighted by atomic mass is 32.2. The first kappa shape index (κ1) is 16.4. The number of anilines is 1. The van der Waals surface area contributed by atoms with E-state index in [1.165, 1.54) is 0 Å². The van der Waals surface area contributed by atoms with Crippen LogP contribution in [0.15, 0.2) is 24.3 Å². The van der Waals surface area contributed by atoms with Crippen molar-refractivity contribution in [3.05, 3.63) is 24.3 Å². The number of carboxylic acid groups (broad SMARTS) is 1. The van der Waals surface area contributed by atoms with Crippen molar-refractivity contribution >= 4 is 35.2 Å². The van der Waals surface area contributed by atoms with Crippen LogP contribution in [-0.4, -0.2) is 40.5 Å². The molecule has 1 fully saturated rings. The van der Waals surface area contributed by atoms with Crippen LogP contribution in [0.1, 0.15) is 19.8 Å². The van der Waals surface area contributed by atoms with Crippen LogP contribution >= 0.6 is 11.8 Å². The van der Waals surface area contributed by atoms with Crippen molar-refractivity contribution in [2.24, 2.45) is 0 Å². The number of amides is 2. The van der Waals surface area contributed by atoms with E-state index in [1.54, 1.807) is 24.3 Å². The predicted molar refractivity (Wildman–Crippen MR) is 83.2 cm³/mol. The molecule has 1 aliphatic rings. The molecule has 2 rings (SSSR count). The lowest BCUT2D eigenvalue weighted by atomic mass is 10.3. The molecular weight excluding hydrogens is 306 g/mol. The molecule has 2 amide bonds. The molecule has 1 aromatic carbocycles. The summed E-state index contributed by atoms with van der Waals surface area (Å²) >= 11 is 0.980. The monoisotopic (exact) mass is 323 g/mol. The van der Waals surface area contributed by atoms with Crippen molar-refractivity contribution in [2.45, 2.75) is 25.0 Å². The summed E-state index contributed by atoms with van der Waals surface area (Å²) in [4.78, 5) is 35.9. The normalized spacial score (nSPS) is 17.9. The van der Waals surface area contributed by atoms with Gasteiger partial charge in [0.15, 0.2) is 0 Å². The van der Waals surface area contributed by atoms with Crippen LogP contribution in [0.3, 0.4) is 0 Å². The maximum absolute atomic E-state index is 12.2. The SMILES string of the molecule is CCCOc1ccc(N2C(=O)CC(SCC(=O)O)C2=O)cc1. The lowest BCUT2D eigenvalue weighted by molar-refractivity contribution is -0.134. The number of thioether (sulfide) groups is 1. The first-order valence-corrected chi connectivity index (χ1v) is 8.01. The number of hydrogen-bond donors (Lipinski definition) is 1. The van der Waals surface area contributed by atoms with Gasteiger partial charge >= 0.3 is 5.97 Å². The summed E-state index contributed by atoms with van der Waals surface area (Å²) in [5.74, 6) is -1.18. The largest absolute Gasteiger partial charge is 0.494 e. The Morgan fingerprint density at radius 3 is 2.64 bits per heavy atom. The summed E-state index contributed by atoms with van der Waals surface area (Å²) in [5.41, 5.74) is 0.484. The molecule has 0 aliphatic carbocycles. The van der Waals surface area contributed by atoms with Gasteiger partial charge in [-0.05, 0) is 30.7 Å². The smallest absolute Gasteiger partial charge is 0.313 e. The third-order valence-corrected chi connectivity index (χ3v) is 4.27. The number of rotatable bonds is 7. The summed E-state index contributed by atoms with van der Waals surface area (Å²) in [5, 5.41) is 8.04. The molecule has 1 N–H and O–H groups in total. The van der Waals surface area contributed by atoms with Gasteiger partial charge in [-0.2, -0.15) is 0 Å². The van der Waals surface area contributed by atoms with E-state index >= 15 is 0 Å². The van der Waals surface area contributed by atoms with Gasteiger partial charge in [0.2, 0.25) is 11.8 Å². The number of imide groups is 1.